The average molecular weight is 340 g/mol. The molecule has 20 heavy (non-hydrogen) atoms. The van der Waals surface area contributed by atoms with Crippen LogP contribution in [0, 0.1) is 6.92 Å². The third-order valence-electron chi connectivity index (χ3n) is 3.44. The lowest BCUT2D eigenvalue weighted by Gasteiger charge is -2.26. The molecular weight excluding hydrogens is 318 g/mol. The summed E-state index contributed by atoms with van der Waals surface area (Å²) in [6, 6.07) is 4.08. The highest BCUT2D eigenvalue weighted by molar-refractivity contribution is 9.10. The van der Waals surface area contributed by atoms with Gasteiger partial charge in [-0.15, -0.1) is 0 Å². The summed E-state index contributed by atoms with van der Waals surface area (Å²) in [5.74, 6) is 0. The summed E-state index contributed by atoms with van der Waals surface area (Å²) in [7, 11) is 0. The highest BCUT2D eigenvalue weighted by Crippen LogP contribution is 2.46. The van der Waals surface area contributed by atoms with Crippen molar-refractivity contribution in [1.29, 1.82) is 0 Å². The topological polar surface area (TPSA) is 29.5 Å². The van der Waals surface area contributed by atoms with Crippen LogP contribution < -0.4 is 4.90 Å². The predicted octanol–water partition coefficient (Wildman–Crippen LogP) is 4.79. The number of amides is 1. The molecule has 0 bridgehead atoms. The van der Waals surface area contributed by atoms with Crippen molar-refractivity contribution in [2.45, 2.75) is 52.6 Å². The smallest absolute Gasteiger partial charge is 0.414 e. The summed E-state index contributed by atoms with van der Waals surface area (Å²) in [4.78, 5) is 14.2. The number of rotatable bonds is 0. The van der Waals surface area contributed by atoms with Crippen molar-refractivity contribution < 1.29 is 9.53 Å². The highest BCUT2D eigenvalue weighted by Gasteiger charge is 2.41. The molecule has 0 fully saturated rings. The number of carbonyl (C=O) groups excluding carboxylic acids is 1. The Morgan fingerprint density at radius 2 is 1.95 bits per heavy atom. The van der Waals surface area contributed by atoms with Crippen molar-refractivity contribution in [1.82, 2.24) is 0 Å². The molecule has 0 aliphatic carbocycles. The second-order valence-corrected chi connectivity index (χ2v) is 7.89. The van der Waals surface area contributed by atoms with Gasteiger partial charge < -0.3 is 4.74 Å². The molecule has 0 atom stereocenters. The van der Waals surface area contributed by atoms with Crippen LogP contribution in [0.5, 0.6) is 0 Å². The summed E-state index contributed by atoms with van der Waals surface area (Å²) in [6.45, 7) is 12.6. The Labute approximate surface area is 129 Å². The van der Waals surface area contributed by atoms with E-state index in [4.69, 9.17) is 4.74 Å². The lowest BCUT2D eigenvalue weighted by atomic mass is 9.86. The molecule has 0 spiro atoms. The molecule has 1 heterocycles. The Balaban J connectivity index is 2.48. The first-order valence-electron chi connectivity index (χ1n) is 6.83. The van der Waals surface area contributed by atoms with Gasteiger partial charge in [0.15, 0.2) is 0 Å². The molecule has 0 radical (unpaired) electrons. The molecule has 1 aliphatic heterocycles. The molecule has 1 aliphatic rings. The van der Waals surface area contributed by atoms with Crippen LogP contribution in [0.25, 0.3) is 0 Å². The van der Waals surface area contributed by atoms with Gasteiger partial charge in [0.25, 0.3) is 0 Å². The minimum atomic E-state index is -0.482. The van der Waals surface area contributed by atoms with Gasteiger partial charge in [0.1, 0.15) is 5.60 Å². The van der Waals surface area contributed by atoms with E-state index in [0.717, 1.165) is 15.7 Å². The van der Waals surface area contributed by atoms with Gasteiger partial charge in [0, 0.05) is 16.4 Å². The fourth-order valence-corrected chi connectivity index (χ4v) is 3.55. The molecule has 1 aromatic rings. The zero-order valence-corrected chi connectivity index (χ0v) is 14.6. The summed E-state index contributed by atoms with van der Waals surface area (Å²) in [5, 5.41) is 0. The molecule has 3 nitrogen and oxygen atoms in total. The van der Waals surface area contributed by atoms with Crippen LogP contribution in [0.2, 0.25) is 0 Å². The van der Waals surface area contributed by atoms with Gasteiger partial charge in [-0.2, -0.15) is 0 Å². The van der Waals surface area contributed by atoms with Crippen LogP contribution in [-0.2, 0) is 10.2 Å². The van der Waals surface area contributed by atoms with E-state index in [2.05, 4.69) is 35.8 Å². The van der Waals surface area contributed by atoms with Gasteiger partial charge >= 0.3 is 6.09 Å². The SMILES string of the molecule is Cc1ccc(Br)c2c1N(C(=O)OC(C)(C)C)CC2(C)C. The van der Waals surface area contributed by atoms with E-state index in [1.54, 1.807) is 4.90 Å². The van der Waals surface area contributed by atoms with Crippen LogP contribution >= 0.6 is 15.9 Å². The van der Waals surface area contributed by atoms with Gasteiger partial charge in [0.2, 0.25) is 0 Å². The van der Waals surface area contributed by atoms with E-state index in [9.17, 15) is 4.79 Å². The number of hydrogen-bond acceptors (Lipinski definition) is 2. The number of carbonyl (C=O) groups is 1. The monoisotopic (exact) mass is 339 g/mol. The Kier molecular flexibility index (Phi) is 3.66. The number of nitrogens with zero attached hydrogens (tertiary/aromatic N) is 1. The number of ether oxygens (including phenoxy) is 1. The van der Waals surface area contributed by atoms with Crippen molar-refractivity contribution in [3.05, 3.63) is 27.7 Å². The van der Waals surface area contributed by atoms with Gasteiger partial charge in [0.05, 0.1) is 5.69 Å². The molecular formula is C16H22BrNO2. The van der Waals surface area contributed by atoms with Crippen LogP contribution in [-0.4, -0.2) is 18.2 Å². The van der Waals surface area contributed by atoms with E-state index in [1.807, 2.05) is 33.8 Å². The van der Waals surface area contributed by atoms with E-state index >= 15 is 0 Å². The molecule has 0 N–H and O–H groups in total. The van der Waals surface area contributed by atoms with Crippen molar-refractivity contribution >= 4 is 27.7 Å². The number of benzene rings is 1. The zero-order chi connectivity index (χ0) is 15.3. The highest BCUT2D eigenvalue weighted by atomic mass is 79.9. The van der Waals surface area contributed by atoms with Gasteiger partial charge in [-0.25, -0.2) is 4.79 Å². The van der Waals surface area contributed by atoms with E-state index in [1.165, 1.54) is 5.56 Å². The minimum absolute atomic E-state index is 0.0862. The standard InChI is InChI=1S/C16H22BrNO2/c1-10-7-8-11(17)12-13(10)18(9-16(12,5)6)14(19)20-15(2,3)4/h7-8H,9H2,1-6H3. The second kappa shape index (κ2) is 4.76. The van der Waals surface area contributed by atoms with E-state index in [0.29, 0.717) is 6.54 Å². The molecule has 0 saturated heterocycles. The second-order valence-electron chi connectivity index (χ2n) is 7.04. The van der Waals surface area contributed by atoms with E-state index in [-0.39, 0.29) is 11.5 Å². The lowest BCUT2D eigenvalue weighted by molar-refractivity contribution is 0.0579. The molecule has 0 unspecified atom stereocenters. The summed E-state index contributed by atoms with van der Waals surface area (Å²) in [6.07, 6.45) is -0.273. The molecule has 110 valence electrons. The first kappa shape index (κ1) is 15.4. The largest absolute Gasteiger partial charge is 0.443 e. The van der Waals surface area contributed by atoms with Gasteiger partial charge in [-0.1, -0.05) is 35.8 Å². The molecule has 0 saturated carbocycles. The third kappa shape index (κ3) is 2.71. The number of aryl methyl sites for hydroxylation is 1. The maximum absolute atomic E-state index is 12.5. The minimum Gasteiger partial charge on any atom is -0.443 e. The quantitative estimate of drug-likeness (QED) is 0.680. The summed E-state index contributed by atoms with van der Waals surface area (Å²) >= 11 is 3.62. The lowest BCUT2D eigenvalue weighted by Crippen LogP contribution is -2.38. The number of anilines is 1. The van der Waals surface area contributed by atoms with Crippen molar-refractivity contribution in [2.75, 3.05) is 11.4 Å². The fourth-order valence-electron chi connectivity index (χ4n) is 2.69. The van der Waals surface area contributed by atoms with Crippen molar-refractivity contribution in [3.63, 3.8) is 0 Å². The average Bonchev–Trinajstić information content (AvgIpc) is 2.55. The molecule has 4 heteroatoms. The van der Waals surface area contributed by atoms with Crippen LogP contribution in [0.4, 0.5) is 10.5 Å². The maximum atomic E-state index is 12.5. The number of hydrogen-bond donors (Lipinski definition) is 0. The molecule has 2 rings (SSSR count). The zero-order valence-electron chi connectivity index (χ0n) is 13.0. The summed E-state index contributed by atoms with van der Waals surface area (Å²) < 4.78 is 6.59. The van der Waals surface area contributed by atoms with Crippen molar-refractivity contribution in [3.8, 4) is 0 Å². The van der Waals surface area contributed by atoms with Crippen LogP contribution in [0.1, 0.15) is 45.7 Å². The maximum Gasteiger partial charge on any atom is 0.414 e. The molecule has 0 aromatic heterocycles. The molecule has 1 aromatic carbocycles. The number of halogens is 1. The Morgan fingerprint density at radius 3 is 2.50 bits per heavy atom. The summed E-state index contributed by atoms with van der Waals surface area (Å²) in [5.41, 5.74) is 2.70. The van der Waals surface area contributed by atoms with Gasteiger partial charge in [-0.3, -0.25) is 4.90 Å². The Morgan fingerprint density at radius 1 is 1.35 bits per heavy atom. The Bertz CT molecular complexity index is 558. The van der Waals surface area contributed by atoms with Gasteiger partial charge in [-0.05, 0) is 44.9 Å². The van der Waals surface area contributed by atoms with Crippen LogP contribution in [0.15, 0.2) is 16.6 Å². The third-order valence-corrected chi connectivity index (χ3v) is 4.10. The van der Waals surface area contributed by atoms with Crippen LogP contribution in [0.3, 0.4) is 0 Å². The molecule has 1 amide bonds. The van der Waals surface area contributed by atoms with E-state index < -0.39 is 5.60 Å². The first-order chi connectivity index (χ1) is 9.03. The Hall–Kier alpha value is -1.03. The first-order valence-corrected chi connectivity index (χ1v) is 7.62. The normalized spacial score (nSPS) is 17.1. The fraction of sp³-hybridized carbons (Fsp3) is 0.562. The number of fused-ring (bicyclic) bond motifs is 1. The van der Waals surface area contributed by atoms with Crippen molar-refractivity contribution in [2.24, 2.45) is 0 Å². The predicted molar refractivity (Wildman–Crippen MR) is 85.5 cm³/mol.